The van der Waals surface area contributed by atoms with Crippen molar-refractivity contribution in [3.63, 3.8) is 0 Å². The molecule has 0 aromatic carbocycles. The molecule has 2 saturated heterocycles. The number of carbonyl (C=O) groups excluding carboxylic acids is 1. The van der Waals surface area contributed by atoms with E-state index in [1.807, 2.05) is 11.8 Å². The molecule has 10 heteroatoms. The lowest BCUT2D eigenvalue weighted by Crippen LogP contribution is -2.57. The molecule has 1 N–H and O–H groups in total. The van der Waals surface area contributed by atoms with Gasteiger partial charge in [-0.1, -0.05) is 11.6 Å². The minimum absolute atomic E-state index is 0. The number of pyridine rings is 1. The summed E-state index contributed by atoms with van der Waals surface area (Å²) < 4.78 is 5.61. The van der Waals surface area contributed by atoms with Crippen molar-refractivity contribution in [2.24, 2.45) is 4.99 Å². The summed E-state index contributed by atoms with van der Waals surface area (Å²) in [4.78, 5) is 27.6. The normalized spacial score (nSPS) is 18.7. The Balaban J connectivity index is 0.00000320. The standard InChI is InChI=1S/C20H31ClN6O2.HI/c1-16(19(28)26-9-3-4-10-26)25-11-13-27(14-12-25)20(22-2)24-8-15-29-18-17(21)6-5-7-23-18;/h5-7,16H,3-4,8-15H2,1-2H3,(H,22,24);1H. The van der Waals surface area contributed by atoms with Crippen molar-refractivity contribution in [1.29, 1.82) is 0 Å². The molecule has 168 valence electrons. The third-order valence-corrected chi connectivity index (χ3v) is 5.78. The molecule has 1 atom stereocenters. The second kappa shape index (κ2) is 12.5. The molecule has 30 heavy (non-hydrogen) atoms. The van der Waals surface area contributed by atoms with E-state index in [2.05, 4.69) is 25.1 Å². The quantitative estimate of drug-likeness (QED) is 0.253. The number of hydrogen-bond donors (Lipinski definition) is 1. The average Bonchev–Trinajstić information content (AvgIpc) is 3.29. The molecule has 3 rings (SSSR count). The highest BCUT2D eigenvalue weighted by Crippen LogP contribution is 2.19. The zero-order chi connectivity index (χ0) is 20.6. The Bertz CT molecular complexity index is 708. The van der Waals surface area contributed by atoms with E-state index in [1.165, 1.54) is 0 Å². The van der Waals surface area contributed by atoms with Crippen molar-refractivity contribution >= 4 is 47.4 Å². The van der Waals surface area contributed by atoms with E-state index in [4.69, 9.17) is 16.3 Å². The Hall–Kier alpha value is -1.33. The molecule has 0 bridgehead atoms. The minimum Gasteiger partial charge on any atom is -0.475 e. The van der Waals surface area contributed by atoms with Crippen LogP contribution < -0.4 is 10.1 Å². The number of aliphatic imine (C=N–C) groups is 1. The van der Waals surface area contributed by atoms with Crippen LogP contribution >= 0.6 is 35.6 Å². The van der Waals surface area contributed by atoms with Gasteiger partial charge in [-0.25, -0.2) is 4.98 Å². The van der Waals surface area contributed by atoms with Crippen molar-refractivity contribution in [3.8, 4) is 5.88 Å². The van der Waals surface area contributed by atoms with Crippen LogP contribution in [-0.2, 0) is 4.79 Å². The number of carbonyl (C=O) groups is 1. The van der Waals surface area contributed by atoms with Crippen LogP contribution in [0.15, 0.2) is 23.3 Å². The summed E-state index contributed by atoms with van der Waals surface area (Å²) in [5, 5.41) is 3.83. The first kappa shape index (κ1) is 24.9. The highest BCUT2D eigenvalue weighted by molar-refractivity contribution is 14.0. The molecular formula is C20H32ClIN6O2. The smallest absolute Gasteiger partial charge is 0.239 e. The number of nitrogens with zero attached hydrogens (tertiary/aromatic N) is 5. The van der Waals surface area contributed by atoms with Crippen LogP contribution in [0.5, 0.6) is 5.88 Å². The summed E-state index contributed by atoms with van der Waals surface area (Å²) in [5.74, 6) is 1.55. The first-order valence-corrected chi connectivity index (χ1v) is 10.7. The number of guanidine groups is 1. The summed E-state index contributed by atoms with van der Waals surface area (Å²) in [6, 6.07) is 3.47. The van der Waals surface area contributed by atoms with Crippen LogP contribution in [-0.4, -0.2) is 97.1 Å². The van der Waals surface area contributed by atoms with Gasteiger partial charge in [0.1, 0.15) is 11.6 Å². The van der Waals surface area contributed by atoms with E-state index >= 15 is 0 Å². The Kier molecular flexibility index (Phi) is 10.4. The van der Waals surface area contributed by atoms with E-state index in [0.29, 0.717) is 24.1 Å². The third-order valence-electron chi connectivity index (χ3n) is 5.50. The van der Waals surface area contributed by atoms with Gasteiger partial charge in [0.15, 0.2) is 5.96 Å². The molecule has 1 aromatic heterocycles. The molecule has 8 nitrogen and oxygen atoms in total. The maximum atomic E-state index is 12.6. The van der Waals surface area contributed by atoms with Crippen LogP contribution in [0.2, 0.25) is 5.02 Å². The maximum Gasteiger partial charge on any atom is 0.239 e. The van der Waals surface area contributed by atoms with E-state index in [-0.39, 0.29) is 35.9 Å². The molecule has 2 aliphatic rings. The van der Waals surface area contributed by atoms with Gasteiger partial charge in [-0.05, 0) is 31.9 Å². The summed E-state index contributed by atoms with van der Waals surface area (Å²) in [5.41, 5.74) is 0. The molecule has 0 saturated carbocycles. The van der Waals surface area contributed by atoms with E-state index in [0.717, 1.165) is 58.1 Å². The van der Waals surface area contributed by atoms with Gasteiger partial charge in [-0.3, -0.25) is 14.7 Å². The number of nitrogens with one attached hydrogen (secondary N) is 1. The highest BCUT2D eigenvalue weighted by Gasteiger charge is 2.30. The van der Waals surface area contributed by atoms with Gasteiger partial charge in [0.25, 0.3) is 0 Å². The molecular weight excluding hydrogens is 519 g/mol. The topological polar surface area (TPSA) is 73.3 Å². The van der Waals surface area contributed by atoms with Crippen LogP contribution in [0.1, 0.15) is 19.8 Å². The fraction of sp³-hybridized carbons (Fsp3) is 0.650. The number of amides is 1. The first-order chi connectivity index (χ1) is 14.1. The Morgan fingerprint density at radius 3 is 2.57 bits per heavy atom. The van der Waals surface area contributed by atoms with Crippen LogP contribution in [0, 0.1) is 0 Å². The zero-order valence-corrected chi connectivity index (χ0v) is 20.8. The SMILES string of the molecule is CN=C(NCCOc1ncccc1Cl)N1CCN(C(C)C(=O)N2CCCC2)CC1.I. The molecule has 0 spiro atoms. The molecule has 2 fully saturated rings. The highest BCUT2D eigenvalue weighted by atomic mass is 127. The van der Waals surface area contributed by atoms with Crippen molar-refractivity contribution in [3.05, 3.63) is 23.4 Å². The number of aromatic nitrogens is 1. The number of rotatable bonds is 6. The van der Waals surface area contributed by atoms with Crippen molar-refractivity contribution in [1.82, 2.24) is 25.0 Å². The second-order valence-corrected chi connectivity index (χ2v) is 7.75. The monoisotopic (exact) mass is 550 g/mol. The maximum absolute atomic E-state index is 12.6. The summed E-state index contributed by atoms with van der Waals surface area (Å²) in [6.07, 6.45) is 3.91. The van der Waals surface area contributed by atoms with Gasteiger partial charge in [0.2, 0.25) is 11.8 Å². The zero-order valence-electron chi connectivity index (χ0n) is 17.7. The number of ether oxygens (including phenoxy) is 1. The lowest BCUT2D eigenvalue weighted by molar-refractivity contribution is -0.135. The van der Waals surface area contributed by atoms with Gasteiger partial charge in [0.05, 0.1) is 12.6 Å². The fourth-order valence-corrected chi connectivity index (χ4v) is 3.98. The van der Waals surface area contributed by atoms with Crippen molar-refractivity contribution in [2.45, 2.75) is 25.8 Å². The molecule has 2 aliphatic heterocycles. The van der Waals surface area contributed by atoms with E-state index in [1.54, 1.807) is 25.4 Å². The van der Waals surface area contributed by atoms with Gasteiger partial charge in [-0.2, -0.15) is 0 Å². The Labute approximate surface area is 201 Å². The average molecular weight is 551 g/mol. The Morgan fingerprint density at radius 1 is 1.23 bits per heavy atom. The largest absolute Gasteiger partial charge is 0.475 e. The summed E-state index contributed by atoms with van der Waals surface area (Å²) >= 11 is 6.05. The first-order valence-electron chi connectivity index (χ1n) is 10.3. The van der Waals surface area contributed by atoms with Crippen LogP contribution in [0.25, 0.3) is 0 Å². The van der Waals surface area contributed by atoms with E-state index in [9.17, 15) is 4.79 Å². The predicted molar refractivity (Wildman–Crippen MR) is 130 cm³/mol. The van der Waals surface area contributed by atoms with Gasteiger partial charge in [0, 0.05) is 52.5 Å². The molecule has 1 amide bonds. The van der Waals surface area contributed by atoms with Crippen molar-refractivity contribution in [2.75, 3.05) is 59.5 Å². The summed E-state index contributed by atoms with van der Waals surface area (Å²) in [6.45, 7) is 8.26. The van der Waals surface area contributed by atoms with Gasteiger partial charge in [-0.15, -0.1) is 24.0 Å². The lowest BCUT2D eigenvalue weighted by atomic mass is 10.2. The molecule has 1 unspecified atom stereocenters. The van der Waals surface area contributed by atoms with Crippen LogP contribution in [0.4, 0.5) is 0 Å². The fourth-order valence-electron chi connectivity index (χ4n) is 3.80. The number of halogens is 2. The second-order valence-electron chi connectivity index (χ2n) is 7.34. The predicted octanol–water partition coefficient (Wildman–Crippen LogP) is 1.94. The third kappa shape index (κ3) is 6.58. The molecule has 0 radical (unpaired) electrons. The lowest BCUT2D eigenvalue weighted by Gasteiger charge is -2.39. The summed E-state index contributed by atoms with van der Waals surface area (Å²) in [7, 11) is 1.78. The minimum atomic E-state index is -0.0539. The van der Waals surface area contributed by atoms with Gasteiger partial charge >= 0.3 is 0 Å². The molecule has 0 aliphatic carbocycles. The number of hydrogen-bond acceptors (Lipinski definition) is 5. The molecule has 3 heterocycles. The van der Waals surface area contributed by atoms with Crippen molar-refractivity contribution < 1.29 is 9.53 Å². The number of likely N-dealkylation sites (tertiary alicyclic amines) is 1. The molecule has 1 aromatic rings. The van der Waals surface area contributed by atoms with Gasteiger partial charge < -0.3 is 19.9 Å². The Morgan fingerprint density at radius 2 is 1.93 bits per heavy atom. The van der Waals surface area contributed by atoms with Crippen LogP contribution in [0.3, 0.4) is 0 Å². The number of piperazine rings is 1. The van der Waals surface area contributed by atoms with E-state index < -0.39 is 0 Å².